The van der Waals surface area contributed by atoms with E-state index in [0.29, 0.717) is 5.75 Å². The number of ether oxygens (including phenoxy) is 1. The molecule has 1 aromatic carbocycles. The summed E-state index contributed by atoms with van der Waals surface area (Å²) in [4.78, 5) is 11.7. The lowest BCUT2D eigenvalue weighted by Crippen LogP contribution is -2.35. The molecule has 3 N–H and O–H groups in total. The Kier molecular flexibility index (Phi) is 5.83. The number of aryl methyl sites for hydroxylation is 1. The van der Waals surface area contributed by atoms with Gasteiger partial charge in [-0.3, -0.25) is 4.79 Å². The van der Waals surface area contributed by atoms with Crippen LogP contribution in [0.5, 0.6) is 5.75 Å². The van der Waals surface area contributed by atoms with Gasteiger partial charge in [0, 0.05) is 17.6 Å². The SMILES string of the molecule is CCC(C)NC(=O)COc1cc(C)ccc1[C@@H](C)N. The van der Waals surface area contributed by atoms with Gasteiger partial charge in [0.1, 0.15) is 5.75 Å². The van der Waals surface area contributed by atoms with Crippen molar-refractivity contribution in [3.05, 3.63) is 29.3 Å². The smallest absolute Gasteiger partial charge is 0.258 e. The van der Waals surface area contributed by atoms with Crippen molar-refractivity contribution in [3.8, 4) is 5.75 Å². The Labute approximate surface area is 115 Å². The molecule has 0 fully saturated rings. The second-order valence-corrected chi connectivity index (χ2v) is 5.00. The van der Waals surface area contributed by atoms with Crippen LogP contribution in [0.2, 0.25) is 0 Å². The summed E-state index contributed by atoms with van der Waals surface area (Å²) in [5, 5.41) is 2.87. The lowest BCUT2D eigenvalue weighted by Gasteiger charge is -2.16. The minimum Gasteiger partial charge on any atom is -0.483 e. The molecule has 0 bridgehead atoms. The van der Waals surface area contributed by atoms with Crippen molar-refractivity contribution in [3.63, 3.8) is 0 Å². The van der Waals surface area contributed by atoms with Gasteiger partial charge in [0.25, 0.3) is 5.91 Å². The predicted molar refractivity (Wildman–Crippen MR) is 77.2 cm³/mol. The lowest BCUT2D eigenvalue weighted by atomic mass is 10.1. The first-order valence-corrected chi connectivity index (χ1v) is 6.72. The summed E-state index contributed by atoms with van der Waals surface area (Å²) < 4.78 is 5.59. The molecule has 4 heteroatoms. The predicted octanol–water partition coefficient (Wildman–Crippen LogP) is 2.31. The van der Waals surface area contributed by atoms with Crippen LogP contribution in [-0.4, -0.2) is 18.6 Å². The number of nitrogens with two attached hydrogens (primary N) is 1. The molecule has 1 amide bonds. The molecule has 0 aliphatic heterocycles. The molecule has 0 radical (unpaired) electrons. The molecule has 19 heavy (non-hydrogen) atoms. The third-order valence-corrected chi connectivity index (χ3v) is 3.04. The summed E-state index contributed by atoms with van der Waals surface area (Å²) in [5.74, 6) is 0.584. The zero-order valence-electron chi connectivity index (χ0n) is 12.2. The molecule has 0 heterocycles. The molecule has 0 saturated carbocycles. The second kappa shape index (κ2) is 7.14. The Hall–Kier alpha value is -1.55. The zero-order valence-corrected chi connectivity index (χ0v) is 12.2. The van der Waals surface area contributed by atoms with Gasteiger partial charge in [-0.1, -0.05) is 19.1 Å². The molecule has 0 aliphatic rings. The quantitative estimate of drug-likeness (QED) is 0.828. The van der Waals surface area contributed by atoms with Crippen LogP contribution < -0.4 is 15.8 Å². The van der Waals surface area contributed by atoms with Gasteiger partial charge in [0.05, 0.1) is 0 Å². The van der Waals surface area contributed by atoms with E-state index in [0.717, 1.165) is 17.5 Å². The highest BCUT2D eigenvalue weighted by molar-refractivity contribution is 5.77. The second-order valence-electron chi connectivity index (χ2n) is 5.00. The van der Waals surface area contributed by atoms with Gasteiger partial charge >= 0.3 is 0 Å². The Morgan fingerprint density at radius 3 is 2.68 bits per heavy atom. The van der Waals surface area contributed by atoms with Crippen LogP contribution in [0.4, 0.5) is 0 Å². The highest BCUT2D eigenvalue weighted by atomic mass is 16.5. The van der Waals surface area contributed by atoms with E-state index in [4.69, 9.17) is 10.5 Å². The molecule has 4 nitrogen and oxygen atoms in total. The molecular formula is C15H24N2O2. The van der Waals surface area contributed by atoms with Gasteiger partial charge < -0.3 is 15.8 Å². The molecule has 1 unspecified atom stereocenters. The molecule has 1 rings (SSSR count). The first-order valence-electron chi connectivity index (χ1n) is 6.72. The molecular weight excluding hydrogens is 240 g/mol. The van der Waals surface area contributed by atoms with E-state index in [1.807, 2.05) is 45.9 Å². The number of hydrogen-bond donors (Lipinski definition) is 2. The average Bonchev–Trinajstić information content (AvgIpc) is 2.35. The molecule has 0 saturated heterocycles. The number of rotatable bonds is 6. The molecule has 0 spiro atoms. The van der Waals surface area contributed by atoms with Gasteiger partial charge in [-0.15, -0.1) is 0 Å². The standard InChI is InChI=1S/C15H24N2O2/c1-5-11(3)17-15(18)9-19-14-8-10(2)6-7-13(14)12(4)16/h6-8,11-12H,5,9,16H2,1-4H3,(H,17,18)/t11?,12-/m1/s1. The van der Waals surface area contributed by atoms with E-state index in [9.17, 15) is 4.79 Å². The maximum absolute atomic E-state index is 11.7. The summed E-state index contributed by atoms with van der Waals surface area (Å²) in [6.07, 6.45) is 0.904. The van der Waals surface area contributed by atoms with Crippen molar-refractivity contribution in [2.45, 2.75) is 46.2 Å². The van der Waals surface area contributed by atoms with Crippen molar-refractivity contribution in [2.75, 3.05) is 6.61 Å². The summed E-state index contributed by atoms with van der Waals surface area (Å²) in [5.41, 5.74) is 7.90. The van der Waals surface area contributed by atoms with E-state index >= 15 is 0 Å². The van der Waals surface area contributed by atoms with Crippen LogP contribution in [0.25, 0.3) is 0 Å². The number of carbonyl (C=O) groups is 1. The molecule has 0 aromatic heterocycles. The zero-order chi connectivity index (χ0) is 14.4. The molecule has 2 atom stereocenters. The van der Waals surface area contributed by atoms with E-state index < -0.39 is 0 Å². The fraction of sp³-hybridized carbons (Fsp3) is 0.533. The first kappa shape index (κ1) is 15.5. The third kappa shape index (κ3) is 4.91. The molecule has 106 valence electrons. The van der Waals surface area contributed by atoms with E-state index in [1.165, 1.54) is 0 Å². The van der Waals surface area contributed by atoms with Gasteiger partial charge in [-0.25, -0.2) is 0 Å². The van der Waals surface area contributed by atoms with Crippen molar-refractivity contribution in [1.29, 1.82) is 0 Å². The monoisotopic (exact) mass is 264 g/mol. The Morgan fingerprint density at radius 1 is 1.42 bits per heavy atom. The van der Waals surface area contributed by atoms with Crippen molar-refractivity contribution in [1.82, 2.24) is 5.32 Å². The van der Waals surface area contributed by atoms with Crippen LogP contribution in [0.1, 0.15) is 44.4 Å². The van der Waals surface area contributed by atoms with Crippen LogP contribution in [0, 0.1) is 6.92 Å². The largest absolute Gasteiger partial charge is 0.483 e. The van der Waals surface area contributed by atoms with Gasteiger partial charge in [0.15, 0.2) is 6.61 Å². The number of hydrogen-bond acceptors (Lipinski definition) is 3. The van der Waals surface area contributed by atoms with Crippen LogP contribution in [-0.2, 0) is 4.79 Å². The van der Waals surface area contributed by atoms with Crippen LogP contribution in [0.15, 0.2) is 18.2 Å². The van der Waals surface area contributed by atoms with E-state index in [-0.39, 0.29) is 24.6 Å². The van der Waals surface area contributed by atoms with Crippen molar-refractivity contribution < 1.29 is 9.53 Å². The van der Waals surface area contributed by atoms with E-state index in [2.05, 4.69) is 5.32 Å². The first-order chi connectivity index (χ1) is 8.93. The average molecular weight is 264 g/mol. The Bertz CT molecular complexity index is 430. The fourth-order valence-corrected chi connectivity index (χ4v) is 1.70. The topological polar surface area (TPSA) is 64.3 Å². The molecule has 1 aromatic rings. The normalized spacial score (nSPS) is 13.7. The fourth-order valence-electron chi connectivity index (χ4n) is 1.70. The Morgan fingerprint density at radius 2 is 2.11 bits per heavy atom. The summed E-state index contributed by atoms with van der Waals surface area (Å²) in [7, 11) is 0. The Balaban J connectivity index is 2.66. The minimum atomic E-state index is -0.117. The number of carbonyl (C=O) groups excluding carboxylic acids is 1. The van der Waals surface area contributed by atoms with E-state index in [1.54, 1.807) is 0 Å². The van der Waals surface area contributed by atoms with Gasteiger partial charge in [0.2, 0.25) is 0 Å². The van der Waals surface area contributed by atoms with Crippen LogP contribution in [0.3, 0.4) is 0 Å². The third-order valence-electron chi connectivity index (χ3n) is 3.04. The minimum absolute atomic E-state index is 0.0213. The highest BCUT2D eigenvalue weighted by Gasteiger charge is 2.11. The summed E-state index contributed by atoms with van der Waals surface area (Å²) >= 11 is 0. The summed E-state index contributed by atoms with van der Waals surface area (Å²) in [6, 6.07) is 5.90. The van der Waals surface area contributed by atoms with Crippen molar-refractivity contribution >= 4 is 5.91 Å². The molecule has 0 aliphatic carbocycles. The number of amides is 1. The van der Waals surface area contributed by atoms with Gasteiger partial charge in [-0.2, -0.15) is 0 Å². The maximum atomic E-state index is 11.7. The number of nitrogens with one attached hydrogen (secondary N) is 1. The highest BCUT2D eigenvalue weighted by Crippen LogP contribution is 2.24. The van der Waals surface area contributed by atoms with Crippen molar-refractivity contribution in [2.24, 2.45) is 5.73 Å². The number of benzene rings is 1. The lowest BCUT2D eigenvalue weighted by molar-refractivity contribution is -0.123. The van der Waals surface area contributed by atoms with Gasteiger partial charge in [-0.05, 0) is 38.8 Å². The maximum Gasteiger partial charge on any atom is 0.258 e. The summed E-state index contributed by atoms with van der Waals surface area (Å²) in [6.45, 7) is 7.90. The van der Waals surface area contributed by atoms with Crippen LogP contribution >= 0.6 is 0 Å².